The molecule has 0 aliphatic carbocycles. The third kappa shape index (κ3) is 10.6. The van der Waals surface area contributed by atoms with Crippen LogP contribution in [0, 0.1) is 5.92 Å². The number of carbonyl (C=O) groups excluding carboxylic acids is 2. The third-order valence-corrected chi connectivity index (χ3v) is 5.79. The molecule has 0 heterocycles. The summed E-state index contributed by atoms with van der Waals surface area (Å²) in [6, 6.07) is 2.89. The van der Waals surface area contributed by atoms with E-state index in [0.717, 1.165) is 19.3 Å². The van der Waals surface area contributed by atoms with Gasteiger partial charge in [-0.15, -0.1) is 0 Å². The van der Waals surface area contributed by atoms with Crippen LogP contribution >= 0.6 is 34.8 Å². The highest BCUT2D eigenvalue weighted by Crippen LogP contribution is 2.32. The fraction of sp³-hybridized carbons (Fsp3) is 0.636. The maximum Gasteiger partial charge on any atom is 0.318 e. The molecule has 164 valence electrons. The number of nitrogens with one attached hydrogen (secondary N) is 1. The molecule has 1 rings (SSSR count). The van der Waals surface area contributed by atoms with Crippen molar-refractivity contribution in [2.75, 3.05) is 11.9 Å². The normalized spacial score (nSPS) is 11.9. The second-order valence-corrected chi connectivity index (χ2v) is 8.53. The zero-order valence-corrected chi connectivity index (χ0v) is 19.6. The van der Waals surface area contributed by atoms with Gasteiger partial charge < -0.3 is 10.1 Å². The lowest BCUT2D eigenvalue weighted by molar-refractivity contribution is -0.150. The number of esters is 1. The van der Waals surface area contributed by atoms with Gasteiger partial charge in [0.25, 0.3) is 0 Å². The number of hydrogen-bond donors (Lipinski definition) is 1. The van der Waals surface area contributed by atoms with Gasteiger partial charge in [-0.2, -0.15) is 0 Å². The van der Waals surface area contributed by atoms with Gasteiger partial charge in [0, 0.05) is 0 Å². The van der Waals surface area contributed by atoms with Crippen molar-refractivity contribution in [3.05, 3.63) is 27.2 Å². The Hall–Kier alpha value is -0.970. The van der Waals surface area contributed by atoms with E-state index in [1.807, 2.05) is 0 Å². The van der Waals surface area contributed by atoms with Gasteiger partial charge in [-0.05, 0) is 25.5 Å². The smallest absolute Gasteiger partial charge is 0.318 e. The quantitative estimate of drug-likeness (QED) is 0.133. The molecule has 4 nitrogen and oxygen atoms in total. The molecule has 1 unspecified atom stereocenters. The number of hydrogen-bond acceptors (Lipinski definition) is 3. The molecule has 0 bridgehead atoms. The van der Waals surface area contributed by atoms with Crippen LogP contribution in [0.3, 0.4) is 0 Å². The molecular formula is C22H32Cl3NO3. The van der Waals surface area contributed by atoms with Crippen molar-refractivity contribution in [2.24, 2.45) is 5.92 Å². The molecule has 0 aromatic heterocycles. The molecule has 0 radical (unpaired) electrons. The van der Waals surface area contributed by atoms with Crippen LogP contribution in [-0.2, 0) is 14.3 Å². The first kappa shape index (κ1) is 26.1. The maximum atomic E-state index is 12.3. The van der Waals surface area contributed by atoms with Crippen molar-refractivity contribution in [3.8, 4) is 0 Å². The summed E-state index contributed by atoms with van der Waals surface area (Å²) < 4.78 is 5.23. The van der Waals surface area contributed by atoms with E-state index in [4.69, 9.17) is 39.5 Å². The van der Waals surface area contributed by atoms with Crippen molar-refractivity contribution in [1.29, 1.82) is 0 Å². The fourth-order valence-corrected chi connectivity index (χ4v) is 3.45. The molecule has 1 N–H and O–H groups in total. The molecule has 0 aliphatic heterocycles. The molecule has 0 saturated carbocycles. The van der Waals surface area contributed by atoms with Crippen LogP contribution in [0.1, 0.15) is 78.1 Å². The lowest BCUT2D eigenvalue weighted by Crippen LogP contribution is -2.29. The van der Waals surface area contributed by atoms with Crippen molar-refractivity contribution < 1.29 is 14.3 Å². The Morgan fingerprint density at radius 2 is 1.38 bits per heavy atom. The monoisotopic (exact) mass is 463 g/mol. The van der Waals surface area contributed by atoms with Crippen LogP contribution in [0.25, 0.3) is 0 Å². The van der Waals surface area contributed by atoms with E-state index in [2.05, 4.69) is 12.2 Å². The number of benzene rings is 1. The van der Waals surface area contributed by atoms with E-state index in [-0.39, 0.29) is 10.0 Å². The molecule has 7 heteroatoms. The molecule has 1 atom stereocenters. The zero-order valence-electron chi connectivity index (χ0n) is 17.4. The number of halogens is 3. The predicted molar refractivity (Wildman–Crippen MR) is 122 cm³/mol. The standard InChI is InChI=1S/C22H32Cl3NO3/c1-3-4-5-6-7-8-9-10-11-12-13-29-22(28)16(2)21(27)26-20-15-18(24)17(23)14-19(20)25/h14-16H,3-13H2,1-2H3,(H,26,27). The molecule has 0 spiro atoms. The Labute approximate surface area is 189 Å². The lowest BCUT2D eigenvalue weighted by Gasteiger charge is -2.13. The molecule has 0 saturated heterocycles. The van der Waals surface area contributed by atoms with Gasteiger partial charge in [0.15, 0.2) is 0 Å². The van der Waals surface area contributed by atoms with Crippen LogP contribution in [0.2, 0.25) is 15.1 Å². The van der Waals surface area contributed by atoms with Crippen molar-refractivity contribution >= 4 is 52.4 Å². The summed E-state index contributed by atoms with van der Waals surface area (Å²) in [5.41, 5.74) is 0.306. The highest BCUT2D eigenvalue weighted by molar-refractivity contribution is 6.44. The summed E-state index contributed by atoms with van der Waals surface area (Å²) in [5, 5.41) is 3.39. The molecule has 1 aromatic rings. The van der Waals surface area contributed by atoms with E-state index in [9.17, 15) is 9.59 Å². The van der Waals surface area contributed by atoms with Gasteiger partial charge in [0.05, 0.1) is 27.4 Å². The van der Waals surface area contributed by atoms with Gasteiger partial charge in [-0.3, -0.25) is 9.59 Å². The summed E-state index contributed by atoms with van der Waals surface area (Å²) in [5.74, 6) is -1.99. The SMILES string of the molecule is CCCCCCCCCCCCOC(=O)C(C)C(=O)Nc1cc(Cl)c(Cl)cc1Cl. The topological polar surface area (TPSA) is 55.4 Å². The number of carbonyl (C=O) groups is 2. The van der Waals surface area contributed by atoms with Crippen molar-refractivity contribution in [3.63, 3.8) is 0 Å². The zero-order chi connectivity index (χ0) is 21.6. The van der Waals surface area contributed by atoms with Crippen LogP contribution < -0.4 is 5.32 Å². The second kappa shape index (κ2) is 14.9. The van der Waals surface area contributed by atoms with E-state index >= 15 is 0 Å². The summed E-state index contributed by atoms with van der Waals surface area (Å²) in [6.07, 6.45) is 12.1. The van der Waals surface area contributed by atoms with Crippen LogP contribution in [-0.4, -0.2) is 18.5 Å². The molecule has 1 amide bonds. The first-order valence-corrected chi connectivity index (χ1v) is 11.6. The fourth-order valence-electron chi connectivity index (χ4n) is 2.85. The minimum Gasteiger partial charge on any atom is -0.465 e. The van der Waals surface area contributed by atoms with E-state index in [1.54, 1.807) is 0 Å². The molecular weight excluding hydrogens is 433 g/mol. The van der Waals surface area contributed by atoms with Gasteiger partial charge in [0.1, 0.15) is 5.92 Å². The van der Waals surface area contributed by atoms with E-state index in [1.165, 1.54) is 64.0 Å². The van der Waals surface area contributed by atoms with E-state index in [0.29, 0.717) is 17.3 Å². The number of amides is 1. The minimum atomic E-state index is -0.941. The Bertz CT molecular complexity index is 652. The Kier molecular flexibility index (Phi) is 13.4. The lowest BCUT2D eigenvalue weighted by atomic mass is 10.1. The number of rotatable bonds is 14. The first-order chi connectivity index (χ1) is 13.9. The largest absolute Gasteiger partial charge is 0.465 e. The number of ether oxygens (including phenoxy) is 1. The average Bonchev–Trinajstić information content (AvgIpc) is 2.69. The molecule has 0 aliphatic rings. The first-order valence-electron chi connectivity index (χ1n) is 10.5. The average molecular weight is 465 g/mol. The van der Waals surface area contributed by atoms with Crippen molar-refractivity contribution in [1.82, 2.24) is 0 Å². The third-order valence-electron chi connectivity index (χ3n) is 4.76. The van der Waals surface area contributed by atoms with Crippen molar-refractivity contribution in [2.45, 2.75) is 78.1 Å². The van der Waals surface area contributed by atoms with Gasteiger partial charge >= 0.3 is 5.97 Å². The number of anilines is 1. The molecule has 0 fully saturated rings. The molecule has 1 aromatic carbocycles. The summed E-state index contributed by atoms with van der Waals surface area (Å²) >= 11 is 17.8. The summed E-state index contributed by atoms with van der Waals surface area (Å²) in [4.78, 5) is 24.3. The summed E-state index contributed by atoms with van der Waals surface area (Å²) in [6.45, 7) is 4.06. The Morgan fingerprint density at radius 1 is 0.862 bits per heavy atom. The second-order valence-electron chi connectivity index (χ2n) is 7.31. The van der Waals surface area contributed by atoms with Gasteiger partial charge in [0.2, 0.25) is 5.91 Å². The van der Waals surface area contributed by atoms with Gasteiger partial charge in [-0.25, -0.2) is 0 Å². The van der Waals surface area contributed by atoms with Crippen LogP contribution in [0.4, 0.5) is 5.69 Å². The molecule has 29 heavy (non-hydrogen) atoms. The highest BCUT2D eigenvalue weighted by Gasteiger charge is 2.24. The highest BCUT2D eigenvalue weighted by atomic mass is 35.5. The van der Waals surface area contributed by atoms with E-state index < -0.39 is 17.8 Å². The Balaban J connectivity index is 2.19. The minimum absolute atomic E-state index is 0.249. The maximum absolute atomic E-state index is 12.3. The predicted octanol–water partition coefficient (Wildman–Crippen LogP) is 7.69. The van der Waals surface area contributed by atoms with Gasteiger partial charge in [-0.1, -0.05) is 99.5 Å². The van der Waals surface area contributed by atoms with Crippen LogP contribution in [0.5, 0.6) is 0 Å². The summed E-state index contributed by atoms with van der Waals surface area (Å²) in [7, 11) is 0. The van der Waals surface area contributed by atoms with Crippen LogP contribution in [0.15, 0.2) is 12.1 Å². The Morgan fingerprint density at radius 3 is 1.97 bits per heavy atom. The number of unbranched alkanes of at least 4 members (excludes halogenated alkanes) is 9.